The van der Waals surface area contributed by atoms with Gasteiger partial charge in [-0.05, 0) is 19.3 Å². The summed E-state index contributed by atoms with van der Waals surface area (Å²) in [6.45, 7) is 0.305. The minimum absolute atomic E-state index is 0.0154. The largest absolute Gasteiger partial charge is 0.388 e. The Bertz CT molecular complexity index is 313. The highest BCUT2D eigenvalue weighted by Gasteiger charge is 2.55. The first kappa shape index (κ1) is 13.5. The van der Waals surface area contributed by atoms with Crippen LogP contribution in [0.5, 0.6) is 0 Å². The van der Waals surface area contributed by atoms with Crippen molar-refractivity contribution in [3.63, 3.8) is 0 Å². The third-order valence-corrected chi connectivity index (χ3v) is 3.38. The molecule has 2 aliphatic heterocycles. The van der Waals surface area contributed by atoms with E-state index >= 15 is 0 Å². The van der Waals surface area contributed by atoms with Gasteiger partial charge in [0.2, 0.25) is 0 Å². The topological polar surface area (TPSA) is 111 Å². The van der Waals surface area contributed by atoms with Gasteiger partial charge >= 0.3 is 0 Å². The Morgan fingerprint density at radius 2 is 2.22 bits per heavy atom. The fourth-order valence-electron chi connectivity index (χ4n) is 2.46. The first-order valence-electron chi connectivity index (χ1n) is 5.94. The van der Waals surface area contributed by atoms with Crippen LogP contribution in [-0.2, 0) is 14.3 Å². The molecule has 8 heteroatoms. The van der Waals surface area contributed by atoms with Crippen molar-refractivity contribution < 1.29 is 29.6 Å². The molecule has 0 aliphatic carbocycles. The van der Waals surface area contributed by atoms with E-state index in [2.05, 4.69) is 4.84 Å². The van der Waals surface area contributed by atoms with Crippen LogP contribution in [0, 0.1) is 10.1 Å². The van der Waals surface area contributed by atoms with Crippen LogP contribution in [0.2, 0.25) is 0 Å². The molecule has 2 N–H and O–H groups in total. The quantitative estimate of drug-likeness (QED) is 0.368. The molecule has 18 heavy (non-hydrogen) atoms. The van der Waals surface area contributed by atoms with Gasteiger partial charge in [-0.3, -0.25) is 0 Å². The van der Waals surface area contributed by atoms with E-state index in [1.54, 1.807) is 0 Å². The lowest BCUT2D eigenvalue weighted by molar-refractivity contribution is -0.757. The Balaban J connectivity index is 1.73. The summed E-state index contributed by atoms with van der Waals surface area (Å²) in [6.07, 6.45) is -0.225. The lowest BCUT2D eigenvalue weighted by Gasteiger charge is -2.26. The molecular weight excluding hydrogens is 246 g/mol. The number of hydrogen-bond acceptors (Lipinski definition) is 7. The first-order chi connectivity index (χ1) is 8.53. The summed E-state index contributed by atoms with van der Waals surface area (Å²) < 4.78 is 10.7. The number of nitrogens with zero attached hydrogens (tertiary/aromatic N) is 1. The number of rotatable bonds is 6. The molecule has 0 aromatic rings. The zero-order valence-corrected chi connectivity index (χ0v) is 9.86. The Labute approximate surface area is 104 Å². The zero-order valence-electron chi connectivity index (χ0n) is 9.86. The predicted octanol–water partition coefficient (Wildman–Crippen LogP) is -0.745. The van der Waals surface area contributed by atoms with Crippen molar-refractivity contribution in [3.8, 4) is 0 Å². The Morgan fingerprint density at radius 3 is 2.94 bits per heavy atom. The SMILES string of the molecule is O=[N+]([O-])OCCCC[C@]1(O)CO[C@@H]2[C@@H](O)CO[C@@H]21. The summed E-state index contributed by atoms with van der Waals surface area (Å²) >= 11 is 0. The van der Waals surface area contributed by atoms with Crippen molar-refractivity contribution in [2.75, 3.05) is 19.8 Å². The van der Waals surface area contributed by atoms with Crippen LogP contribution in [0.25, 0.3) is 0 Å². The average Bonchev–Trinajstić information content (AvgIpc) is 2.82. The molecule has 2 fully saturated rings. The molecule has 0 saturated carbocycles. The highest BCUT2D eigenvalue weighted by Crippen LogP contribution is 2.37. The van der Waals surface area contributed by atoms with Gasteiger partial charge in [-0.15, -0.1) is 10.1 Å². The summed E-state index contributed by atoms with van der Waals surface area (Å²) in [4.78, 5) is 14.1. The van der Waals surface area contributed by atoms with E-state index in [1.807, 2.05) is 0 Å². The van der Waals surface area contributed by atoms with E-state index in [0.29, 0.717) is 19.3 Å². The van der Waals surface area contributed by atoms with Crippen LogP contribution in [0.15, 0.2) is 0 Å². The second-order valence-electron chi connectivity index (χ2n) is 4.71. The lowest BCUT2D eigenvalue weighted by Crippen LogP contribution is -2.43. The van der Waals surface area contributed by atoms with E-state index < -0.39 is 29.0 Å². The van der Waals surface area contributed by atoms with Gasteiger partial charge < -0.3 is 24.5 Å². The molecule has 0 aromatic heterocycles. The van der Waals surface area contributed by atoms with E-state index in [-0.39, 0.29) is 19.8 Å². The summed E-state index contributed by atoms with van der Waals surface area (Å²) in [5, 5.41) is 29.0. The minimum Gasteiger partial charge on any atom is -0.388 e. The van der Waals surface area contributed by atoms with Gasteiger partial charge in [0.15, 0.2) is 0 Å². The maximum Gasteiger partial charge on any atom is 0.294 e. The standard InChI is InChI=1S/C10H17NO7/c12-7-5-16-9-8(7)17-6-10(9,13)3-1-2-4-18-11(14)15/h7-9,12-13H,1-6H2/t7-,8+,9-,10-/m0/s1. The van der Waals surface area contributed by atoms with Crippen molar-refractivity contribution in [2.45, 2.75) is 43.2 Å². The Morgan fingerprint density at radius 1 is 1.44 bits per heavy atom. The molecule has 0 spiro atoms. The monoisotopic (exact) mass is 263 g/mol. The number of aliphatic hydroxyl groups is 2. The van der Waals surface area contributed by atoms with Crippen molar-refractivity contribution in [3.05, 3.63) is 10.1 Å². The number of ether oxygens (including phenoxy) is 2. The Hall–Kier alpha value is -0.960. The van der Waals surface area contributed by atoms with E-state index in [9.17, 15) is 20.3 Å². The molecule has 2 heterocycles. The molecule has 2 aliphatic rings. The second-order valence-corrected chi connectivity index (χ2v) is 4.71. The van der Waals surface area contributed by atoms with Crippen LogP contribution >= 0.6 is 0 Å². The molecule has 0 aromatic carbocycles. The molecule has 104 valence electrons. The number of aliphatic hydroxyl groups excluding tert-OH is 1. The maximum atomic E-state index is 10.4. The fraction of sp³-hybridized carbons (Fsp3) is 1.00. The van der Waals surface area contributed by atoms with Crippen LogP contribution in [-0.4, -0.2) is 59.0 Å². The molecule has 0 amide bonds. The van der Waals surface area contributed by atoms with Crippen molar-refractivity contribution in [1.82, 2.24) is 0 Å². The number of fused-ring (bicyclic) bond motifs is 1. The van der Waals surface area contributed by atoms with Crippen molar-refractivity contribution in [1.29, 1.82) is 0 Å². The fourth-order valence-corrected chi connectivity index (χ4v) is 2.46. The molecule has 2 saturated heterocycles. The molecule has 2 rings (SSSR count). The minimum atomic E-state index is -1.11. The maximum absolute atomic E-state index is 10.4. The molecule has 0 unspecified atom stereocenters. The molecule has 4 atom stereocenters. The van der Waals surface area contributed by atoms with Crippen LogP contribution in [0.1, 0.15) is 19.3 Å². The molecular formula is C10H17NO7. The van der Waals surface area contributed by atoms with Crippen LogP contribution < -0.4 is 0 Å². The number of unbranched alkanes of at least 4 members (excludes halogenated alkanes) is 1. The summed E-state index contributed by atoms with van der Waals surface area (Å²) in [6, 6.07) is 0. The highest BCUT2D eigenvalue weighted by molar-refractivity contribution is 5.03. The normalized spacial score (nSPS) is 38.7. The summed E-state index contributed by atoms with van der Waals surface area (Å²) in [7, 11) is 0. The number of hydrogen-bond donors (Lipinski definition) is 2. The molecule has 0 bridgehead atoms. The summed E-state index contributed by atoms with van der Waals surface area (Å²) in [5.74, 6) is 0. The highest BCUT2D eigenvalue weighted by atomic mass is 16.9. The van der Waals surface area contributed by atoms with Gasteiger partial charge in [0.25, 0.3) is 5.09 Å². The van der Waals surface area contributed by atoms with Crippen molar-refractivity contribution >= 4 is 0 Å². The van der Waals surface area contributed by atoms with Gasteiger partial charge in [-0.1, -0.05) is 0 Å². The van der Waals surface area contributed by atoms with Crippen molar-refractivity contribution in [2.24, 2.45) is 0 Å². The van der Waals surface area contributed by atoms with Gasteiger partial charge in [0.1, 0.15) is 23.9 Å². The van der Waals surface area contributed by atoms with Gasteiger partial charge in [0, 0.05) is 0 Å². The smallest absolute Gasteiger partial charge is 0.294 e. The third-order valence-electron chi connectivity index (χ3n) is 3.38. The molecule has 0 radical (unpaired) electrons. The second kappa shape index (κ2) is 5.35. The zero-order chi connectivity index (χ0) is 13.2. The van der Waals surface area contributed by atoms with Gasteiger partial charge in [-0.2, -0.15) is 0 Å². The Kier molecular flexibility index (Phi) is 4.00. The summed E-state index contributed by atoms with van der Waals surface area (Å²) in [5.41, 5.74) is -1.11. The van der Waals surface area contributed by atoms with Gasteiger partial charge in [-0.25, -0.2) is 0 Å². The van der Waals surface area contributed by atoms with Crippen LogP contribution in [0.4, 0.5) is 0 Å². The lowest BCUT2D eigenvalue weighted by atomic mass is 9.90. The van der Waals surface area contributed by atoms with E-state index in [1.165, 1.54) is 0 Å². The van der Waals surface area contributed by atoms with E-state index in [0.717, 1.165) is 0 Å². The van der Waals surface area contributed by atoms with Crippen LogP contribution in [0.3, 0.4) is 0 Å². The third kappa shape index (κ3) is 2.72. The predicted molar refractivity (Wildman–Crippen MR) is 57.2 cm³/mol. The average molecular weight is 263 g/mol. The van der Waals surface area contributed by atoms with Gasteiger partial charge in [0.05, 0.1) is 19.8 Å². The van der Waals surface area contributed by atoms with E-state index in [4.69, 9.17) is 9.47 Å². The first-order valence-corrected chi connectivity index (χ1v) is 5.94. The molecule has 8 nitrogen and oxygen atoms in total.